The molecule has 0 aliphatic heterocycles. The molecule has 0 N–H and O–H groups in total. The van der Waals surface area contributed by atoms with Gasteiger partial charge in [0.25, 0.3) is 0 Å². The van der Waals surface area contributed by atoms with Crippen molar-refractivity contribution in [3.8, 4) is 23.3 Å². The second kappa shape index (κ2) is 6.24. The Balaban J connectivity index is 2.47. The van der Waals surface area contributed by atoms with Crippen LogP contribution in [0.4, 0.5) is 5.69 Å². The molecule has 0 spiro atoms. The van der Waals surface area contributed by atoms with Crippen LogP contribution in [0, 0.1) is 21.4 Å². The third-order valence-electron chi connectivity index (χ3n) is 2.65. The van der Waals surface area contributed by atoms with Gasteiger partial charge in [0.05, 0.1) is 23.7 Å². The lowest BCUT2D eigenvalue weighted by Gasteiger charge is -2.09. The zero-order valence-electron chi connectivity index (χ0n) is 10.9. The van der Waals surface area contributed by atoms with Crippen molar-refractivity contribution in [2.24, 2.45) is 0 Å². The highest BCUT2D eigenvalue weighted by molar-refractivity contribution is 9.10. The van der Waals surface area contributed by atoms with Crippen LogP contribution in [-0.4, -0.2) is 12.0 Å². The van der Waals surface area contributed by atoms with Gasteiger partial charge in [-0.3, -0.25) is 10.1 Å². The van der Waals surface area contributed by atoms with Crippen LogP contribution < -0.4 is 9.47 Å². The quantitative estimate of drug-likeness (QED) is 0.614. The maximum Gasteiger partial charge on any atom is 0.315 e. The zero-order valence-corrected chi connectivity index (χ0v) is 12.5. The van der Waals surface area contributed by atoms with Crippen LogP contribution in [0.1, 0.15) is 5.56 Å². The molecule has 0 aliphatic carbocycles. The third-order valence-corrected chi connectivity index (χ3v) is 3.14. The number of hydrogen-bond acceptors (Lipinski definition) is 5. The van der Waals surface area contributed by atoms with Gasteiger partial charge in [-0.15, -0.1) is 0 Å². The van der Waals surface area contributed by atoms with Crippen LogP contribution in [-0.2, 0) is 0 Å². The number of methoxy groups -OCH3 is 1. The molecule has 0 fully saturated rings. The molecule has 2 aromatic carbocycles. The molecule has 2 aromatic rings. The Morgan fingerprint density at radius 3 is 2.62 bits per heavy atom. The highest BCUT2D eigenvalue weighted by Crippen LogP contribution is 2.36. The van der Waals surface area contributed by atoms with E-state index < -0.39 is 4.92 Å². The van der Waals surface area contributed by atoms with Gasteiger partial charge in [0, 0.05) is 4.47 Å². The first kappa shape index (κ1) is 14.8. The van der Waals surface area contributed by atoms with Gasteiger partial charge >= 0.3 is 5.69 Å². The zero-order chi connectivity index (χ0) is 15.4. The molecule has 0 atom stereocenters. The summed E-state index contributed by atoms with van der Waals surface area (Å²) in [6.07, 6.45) is 0. The molecule has 6 nitrogen and oxygen atoms in total. The first-order valence-electron chi connectivity index (χ1n) is 5.75. The lowest BCUT2D eigenvalue weighted by Crippen LogP contribution is -1.96. The molecule has 0 saturated heterocycles. The van der Waals surface area contributed by atoms with Gasteiger partial charge in [0.15, 0.2) is 0 Å². The van der Waals surface area contributed by atoms with Crippen LogP contribution in [0.5, 0.6) is 17.2 Å². The fourth-order valence-electron chi connectivity index (χ4n) is 1.64. The van der Waals surface area contributed by atoms with E-state index in [0.717, 1.165) is 0 Å². The maximum absolute atomic E-state index is 11.1. The van der Waals surface area contributed by atoms with Gasteiger partial charge in [-0.2, -0.15) is 5.26 Å². The number of halogens is 1. The van der Waals surface area contributed by atoms with Crippen molar-refractivity contribution in [2.75, 3.05) is 7.11 Å². The molecule has 7 heteroatoms. The largest absolute Gasteiger partial charge is 0.496 e. The second-order valence-corrected chi connectivity index (χ2v) is 4.86. The first-order chi connectivity index (χ1) is 10.0. The summed E-state index contributed by atoms with van der Waals surface area (Å²) in [5, 5.41) is 20.1. The summed E-state index contributed by atoms with van der Waals surface area (Å²) in [6, 6.07) is 11.0. The molecule has 0 aromatic heterocycles. The Morgan fingerprint density at radius 1 is 1.24 bits per heavy atom. The fraction of sp³-hybridized carbons (Fsp3) is 0.0714. The minimum Gasteiger partial charge on any atom is -0.496 e. The summed E-state index contributed by atoms with van der Waals surface area (Å²) in [7, 11) is 1.42. The smallest absolute Gasteiger partial charge is 0.315 e. The maximum atomic E-state index is 11.1. The predicted molar refractivity (Wildman–Crippen MR) is 78.6 cm³/mol. The number of rotatable bonds is 4. The van der Waals surface area contributed by atoms with Crippen molar-refractivity contribution in [1.29, 1.82) is 5.26 Å². The number of benzene rings is 2. The van der Waals surface area contributed by atoms with Crippen LogP contribution >= 0.6 is 15.9 Å². The lowest BCUT2D eigenvalue weighted by atomic mass is 10.2. The van der Waals surface area contributed by atoms with E-state index in [1.165, 1.54) is 19.2 Å². The summed E-state index contributed by atoms with van der Waals surface area (Å²) in [5.74, 6) is 0.624. The molecule has 0 bridgehead atoms. The molecular formula is C14H9BrN2O4. The molecule has 0 saturated carbocycles. The predicted octanol–water partition coefficient (Wildman–Crippen LogP) is 4.03. The Hall–Kier alpha value is -2.59. The number of nitro benzene ring substituents is 1. The van der Waals surface area contributed by atoms with Gasteiger partial charge in [0.1, 0.15) is 17.6 Å². The highest BCUT2D eigenvalue weighted by atomic mass is 79.9. The monoisotopic (exact) mass is 348 g/mol. The third kappa shape index (κ3) is 3.30. The average molecular weight is 349 g/mol. The molecule has 0 amide bonds. The lowest BCUT2D eigenvalue weighted by molar-refractivity contribution is -0.385. The van der Waals surface area contributed by atoms with Crippen molar-refractivity contribution in [3.63, 3.8) is 0 Å². The highest BCUT2D eigenvalue weighted by Gasteiger charge is 2.18. The molecule has 0 heterocycles. The van der Waals surface area contributed by atoms with E-state index in [4.69, 9.17) is 14.7 Å². The minimum absolute atomic E-state index is 0.0374. The Kier molecular flexibility index (Phi) is 4.40. The fourth-order valence-corrected chi connectivity index (χ4v) is 1.98. The first-order valence-corrected chi connectivity index (χ1v) is 6.54. The second-order valence-electron chi connectivity index (χ2n) is 3.95. The Labute approximate surface area is 128 Å². The Morgan fingerprint density at radius 2 is 2.00 bits per heavy atom. The number of nitriles is 1. The van der Waals surface area contributed by atoms with Gasteiger partial charge in [-0.05, 0) is 30.3 Å². The Bertz CT molecular complexity index is 740. The summed E-state index contributed by atoms with van der Waals surface area (Å²) >= 11 is 3.27. The average Bonchev–Trinajstić information content (AvgIpc) is 2.47. The standard InChI is InChI=1S/C14H9BrN2O4/c1-20-11-4-5-13(12(7-11)17(18)19)21-14-6-10(15)3-2-9(14)8-16/h2-7H,1H3. The van der Waals surface area contributed by atoms with Crippen molar-refractivity contribution in [3.05, 3.63) is 56.5 Å². The topological polar surface area (TPSA) is 85.4 Å². The van der Waals surface area contributed by atoms with Crippen LogP contribution in [0.25, 0.3) is 0 Å². The molecule has 21 heavy (non-hydrogen) atoms. The van der Waals surface area contributed by atoms with Gasteiger partial charge in [-0.1, -0.05) is 15.9 Å². The molecule has 0 aliphatic rings. The summed E-state index contributed by atoms with van der Waals surface area (Å²) in [4.78, 5) is 10.5. The van der Waals surface area contributed by atoms with Gasteiger partial charge < -0.3 is 9.47 Å². The van der Waals surface area contributed by atoms with Gasteiger partial charge in [-0.25, -0.2) is 0 Å². The summed E-state index contributed by atoms with van der Waals surface area (Å²) in [5.41, 5.74) is 0.0431. The van der Waals surface area contributed by atoms with Crippen LogP contribution in [0.2, 0.25) is 0 Å². The van der Waals surface area contributed by atoms with Crippen molar-refractivity contribution < 1.29 is 14.4 Å². The van der Waals surface area contributed by atoms with Crippen molar-refractivity contribution in [2.45, 2.75) is 0 Å². The van der Waals surface area contributed by atoms with Crippen LogP contribution in [0.3, 0.4) is 0 Å². The number of ether oxygens (including phenoxy) is 2. The normalized spacial score (nSPS) is 9.76. The van der Waals surface area contributed by atoms with E-state index in [9.17, 15) is 10.1 Å². The molecule has 0 radical (unpaired) electrons. The molecule has 2 rings (SSSR count). The van der Waals surface area contributed by atoms with Gasteiger partial charge in [0.2, 0.25) is 5.75 Å². The van der Waals surface area contributed by atoms with Crippen molar-refractivity contribution in [1.82, 2.24) is 0 Å². The van der Waals surface area contributed by atoms with Crippen molar-refractivity contribution >= 4 is 21.6 Å². The molecule has 106 valence electrons. The SMILES string of the molecule is COc1ccc(Oc2cc(Br)ccc2C#N)c([N+](=O)[O-])c1. The summed E-state index contributed by atoms with van der Waals surface area (Å²) in [6.45, 7) is 0. The minimum atomic E-state index is -0.568. The van der Waals surface area contributed by atoms with Crippen LogP contribution in [0.15, 0.2) is 40.9 Å². The van der Waals surface area contributed by atoms with E-state index in [2.05, 4.69) is 15.9 Å². The number of nitrogens with zero attached hydrogens (tertiary/aromatic N) is 2. The van der Waals surface area contributed by atoms with E-state index >= 15 is 0 Å². The van der Waals surface area contributed by atoms with E-state index in [0.29, 0.717) is 10.2 Å². The number of hydrogen-bond donors (Lipinski definition) is 0. The molecule has 0 unspecified atom stereocenters. The number of nitro groups is 1. The van der Waals surface area contributed by atoms with E-state index in [1.54, 1.807) is 24.3 Å². The van der Waals surface area contributed by atoms with E-state index in [-0.39, 0.29) is 22.7 Å². The van der Waals surface area contributed by atoms with E-state index in [1.807, 2.05) is 6.07 Å². The summed E-state index contributed by atoms with van der Waals surface area (Å²) < 4.78 is 11.2. The molecular weight excluding hydrogens is 340 g/mol.